The number of rotatable bonds is 5. The summed E-state index contributed by atoms with van der Waals surface area (Å²) in [5.41, 5.74) is 1.53. The summed E-state index contributed by atoms with van der Waals surface area (Å²) in [5.74, 6) is 0.942. The molecule has 3 N–H and O–H groups in total. The topological polar surface area (TPSA) is 82.7 Å². The molecule has 24 heavy (non-hydrogen) atoms. The van der Waals surface area contributed by atoms with Gasteiger partial charge in [-0.2, -0.15) is 0 Å². The summed E-state index contributed by atoms with van der Waals surface area (Å²) in [4.78, 5) is 8.67. The zero-order valence-electron chi connectivity index (χ0n) is 13.9. The molecule has 0 saturated heterocycles. The SMILES string of the molecule is CCNC(=NCc1ccc(O)c(F)c1)NCc1nc(C)c(C)o1.I. The number of phenols is 1. The van der Waals surface area contributed by atoms with E-state index in [0.717, 1.165) is 11.5 Å². The summed E-state index contributed by atoms with van der Waals surface area (Å²) in [7, 11) is 0. The molecule has 0 aliphatic heterocycles. The fourth-order valence-electron chi connectivity index (χ4n) is 1.93. The second-order valence-corrected chi connectivity index (χ2v) is 5.08. The molecule has 0 fully saturated rings. The number of aliphatic imine (C=N–C) groups is 1. The van der Waals surface area contributed by atoms with Gasteiger partial charge in [-0.25, -0.2) is 14.4 Å². The van der Waals surface area contributed by atoms with Crippen LogP contribution >= 0.6 is 24.0 Å². The molecule has 0 saturated carbocycles. The smallest absolute Gasteiger partial charge is 0.214 e. The van der Waals surface area contributed by atoms with Crippen molar-refractivity contribution < 1.29 is 13.9 Å². The van der Waals surface area contributed by atoms with Gasteiger partial charge in [0.1, 0.15) is 5.76 Å². The first kappa shape index (κ1) is 20.2. The third-order valence-electron chi connectivity index (χ3n) is 3.26. The molecule has 1 aromatic carbocycles. The van der Waals surface area contributed by atoms with E-state index in [4.69, 9.17) is 4.42 Å². The van der Waals surface area contributed by atoms with Gasteiger partial charge in [0.2, 0.25) is 5.89 Å². The van der Waals surface area contributed by atoms with Crippen LogP contribution in [0.1, 0.15) is 29.8 Å². The Hall–Kier alpha value is -1.84. The number of nitrogens with one attached hydrogen (secondary N) is 2. The van der Waals surface area contributed by atoms with Crippen molar-refractivity contribution in [2.24, 2.45) is 4.99 Å². The van der Waals surface area contributed by atoms with Crippen molar-refractivity contribution in [2.45, 2.75) is 33.9 Å². The molecule has 0 spiro atoms. The molecule has 2 aromatic rings. The van der Waals surface area contributed by atoms with Crippen molar-refractivity contribution in [2.75, 3.05) is 6.54 Å². The Morgan fingerprint density at radius 1 is 1.33 bits per heavy atom. The van der Waals surface area contributed by atoms with E-state index in [1.807, 2.05) is 20.8 Å². The number of aromatic nitrogens is 1. The largest absolute Gasteiger partial charge is 0.505 e. The molecule has 0 radical (unpaired) electrons. The van der Waals surface area contributed by atoms with Gasteiger partial charge in [-0.3, -0.25) is 0 Å². The van der Waals surface area contributed by atoms with Crippen LogP contribution in [-0.2, 0) is 13.1 Å². The molecule has 2 rings (SSSR count). The van der Waals surface area contributed by atoms with Crippen LogP contribution in [0.2, 0.25) is 0 Å². The summed E-state index contributed by atoms with van der Waals surface area (Å²) >= 11 is 0. The minimum absolute atomic E-state index is 0. The average molecular weight is 448 g/mol. The average Bonchev–Trinajstić information content (AvgIpc) is 2.84. The van der Waals surface area contributed by atoms with E-state index >= 15 is 0 Å². The van der Waals surface area contributed by atoms with Gasteiger partial charge >= 0.3 is 0 Å². The number of halogens is 2. The van der Waals surface area contributed by atoms with Crippen LogP contribution < -0.4 is 10.6 Å². The summed E-state index contributed by atoms with van der Waals surface area (Å²) in [6.07, 6.45) is 0. The van der Waals surface area contributed by atoms with Gasteiger partial charge in [-0.05, 0) is 38.5 Å². The molecule has 0 atom stereocenters. The van der Waals surface area contributed by atoms with Crippen LogP contribution in [0, 0.1) is 19.7 Å². The zero-order valence-corrected chi connectivity index (χ0v) is 16.2. The van der Waals surface area contributed by atoms with Gasteiger partial charge in [-0.1, -0.05) is 6.07 Å². The summed E-state index contributed by atoms with van der Waals surface area (Å²) in [6, 6.07) is 4.22. The van der Waals surface area contributed by atoms with Crippen LogP contribution in [0.15, 0.2) is 27.6 Å². The standard InChI is InChI=1S/C16H21FN4O2.HI/c1-4-18-16(20-9-15-21-10(2)11(3)23-15)19-8-12-5-6-14(22)13(17)7-12;/h5-7,22H,4,8-9H2,1-3H3,(H2,18,19,20);1H. The number of hydrogen-bond donors (Lipinski definition) is 3. The Bertz CT molecular complexity index is 684. The van der Waals surface area contributed by atoms with Crippen molar-refractivity contribution in [1.82, 2.24) is 15.6 Å². The van der Waals surface area contributed by atoms with Crippen molar-refractivity contribution in [3.8, 4) is 5.75 Å². The van der Waals surface area contributed by atoms with Crippen molar-refractivity contribution in [3.63, 3.8) is 0 Å². The lowest BCUT2D eigenvalue weighted by Gasteiger charge is -2.09. The first-order valence-electron chi connectivity index (χ1n) is 7.42. The number of aromatic hydroxyl groups is 1. The van der Waals surface area contributed by atoms with Crippen molar-refractivity contribution >= 4 is 29.9 Å². The predicted molar refractivity (Wildman–Crippen MR) is 101 cm³/mol. The normalized spacial score (nSPS) is 11.1. The van der Waals surface area contributed by atoms with E-state index in [1.54, 1.807) is 6.07 Å². The van der Waals surface area contributed by atoms with Gasteiger partial charge in [0.15, 0.2) is 17.5 Å². The molecule has 1 heterocycles. The quantitative estimate of drug-likeness (QED) is 0.372. The number of aryl methyl sites for hydroxylation is 2. The van der Waals surface area contributed by atoms with Gasteiger partial charge in [0, 0.05) is 6.54 Å². The molecule has 0 amide bonds. The Morgan fingerprint density at radius 2 is 2.08 bits per heavy atom. The molecule has 0 aliphatic carbocycles. The predicted octanol–water partition coefficient (Wildman–Crippen LogP) is 3.01. The maximum Gasteiger partial charge on any atom is 0.214 e. The third-order valence-corrected chi connectivity index (χ3v) is 3.26. The lowest BCUT2D eigenvalue weighted by molar-refractivity contribution is 0.432. The van der Waals surface area contributed by atoms with E-state index < -0.39 is 5.82 Å². The van der Waals surface area contributed by atoms with Crippen LogP contribution in [-0.4, -0.2) is 22.6 Å². The first-order chi connectivity index (χ1) is 11.0. The highest BCUT2D eigenvalue weighted by atomic mass is 127. The fourth-order valence-corrected chi connectivity index (χ4v) is 1.93. The molecular formula is C16H22FIN4O2. The Labute approximate surface area is 157 Å². The highest BCUT2D eigenvalue weighted by molar-refractivity contribution is 14.0. The Balaban J connectivity index is 0.00000288. The van der Waals surface area contributed by atoms with Gasteiger partial charge < -0.3 is 20.2 Å². The number of benzene rings is 1. The zero-order chi connectivity index (χ0) is 16.8. The third kappa shape index (κ3) is 5.66. The van der Waals surface area contributed by atoms with E-state index in [-0.39, 0.29) is 36.3 Å². The second kappa shape index (κ2) is 9.45. The van der Waals surface area contributed by atoms with E-state index in [1.165, 1.54) is 12.1 Å². The van der Waals surface area contributed by atoms with Crippen LogP contribution in [0.25, 0.3) is 0 Å². The van der Waals surface area contributed by atoms with Gasteiger partial charge in [0.05, 0.1) is 18.8 Å². The summed E-state index contributed by atoms with van der Waals surface area (Å²) < 4.78 is 18.8. The molecule has 1 aromatic heterocycles. The molecule has 0 unspecified atom stereocenters. The minimum atomic E-state index is -0.651. The maximum atomic E-state index is 13.3. The molecule has 0 bridgehead atoms. The van der Waals surface area contributed by atoms with Gasteiger partial charge in [0.25, 0.3) is 0 Å². The monoisotopic (exact) mass is 448 g/mol. The lowest BCUT2D eigenvalue weighted by atomic mass is 10.2. The molecule has 132 valence electrons. The van der Waals surface area contributed by atoms with E-state index in [2.05, 4.69) is 20.6 Å². The summed E-state index contributed by atoms with van der Waals surface area (Å²) in [6.45, 7) is 7.10. The Morgan fingerprint density at radius 3 is 2.67 bits per heavy atom. The van der Waals surface area contributed by atoms with E-state index in [0.29, 0.717) is 30.5 Å². The fraction of sp³-hybridized carbons (Fsp3) is 0.375. The number of hydrogen-bond acceptors (Lipinski definition) is 4. The summed E-state index contributed by atoms with van der Waals surface area (Å²) in [5, 5.41) is 15.4. The minimum Gasteiger partial charge on any atom is -0.505 e. The van der Waals surface area contributed by atoms with Gasteiger partial charge in [-0.15, -0.1) is 24.0 Å². The van der Waals surface area contributed by atoms with Crippen LogP contribution in [0.3, 0.4) is 0 Å². The molecule has 0 aliphatic rings. The molecule has 8 heteroatoms. The van der Waals surface area contributed by atoms with Crippen LogP contribution in [0.4, 0.5) is 4.39 Å². The molecular weight excluding hydrogens is 426 g/mol. The highest BCUT2D eigenvalue weighted by Crippen LogP contribution is 2.16. The lowest BCUT2D eigenvalue weighted by Crippen LogP contribution is -2.36. The number of phenolic OH excluding ortho intramolecular Hbond substituents is 1. The highest BCUT2D eigenvalue weighted by Gasteiger charge is 2.07. The number of nitrogens with zero attached hydrogens (tertiary/aromatic N) is 2. The Kier molecular flexibility index (Phi) is 7.96. The van der Waals surface area contributed by atoms with Crippen molar-refractivity contribution in [1.29, 1.82) is 0 Å². The maximum absolute atomic E-state index is 13.3. The first-order valence-corrected chi connectivity index (χ1v) is 7.42. The van der Waals surface area contributed by atoms with Crippen molar-refractivity contribution in [3.05, 3.63) is 46.9 Å². The number of guanidine groups is 1. The molecule has 6 nitrogen and oxygen atoms in total. The van der Waals surface area contributed by atoms with E-state index in [9.17, 15) is 9.50 Å². The number of oxazole rings is 1. The second-order valence-electron chi connectivity index (χ2n) is 5.08. The van der Waals surface area contributed by atoms with Crippen LogP contribution in [0.5, 0.6) is 5.75 Å².